The van der Waals surface area contributed by atoms with Crippen LogP contribution < -0.4 is 5.32 Å². The Hall–Kier alpha value is -0.0800. The lowest BCUT2D eigenvalue weighted by Crippen LogP contribution is -2.44. The Balaban J connectivity index is 2.56. The van der Waals surface area contributed by atoms with Crippen LogP contribution in [0.15, 0.2) is 0 Å². The van der Waals surface area contributed by atoms with E-state index < -0.39 is 0 Å². The molecular weight excluding hydrogens is 184 g/mol. The zero-order valence-electron chi connectivity index (χ0n) is 10.9. The van der Waals surface area contributed by atoms with Gasteiger partial charge in [0.2, 0.25) is 0 Å². The first kappa shape index (κ1) is 13.0. The first-order valence-corrected chi connectivity index (χ1v) is 6.68. The first-order valence-electron chi connectivity index (χ1n) is 6.68. The highest BCUT2D eigenvalue weighted by molar-refractivity contribution is 4.83. The highest BCUT2D eigenvalue weighted by Crippen LogP contribution is 2.16. The summed E-state index contributed by atoms with van der Waals surface area (Å²) < 4.78 is 0. The molecule has 3 unspecified atom stereocenters. The van der Waals surface area contributed by atoms with E-state index in [1.165, 1.54) is 38.8 Å². The fraction of sp³-hybridized carbons (Fsp3) is 1.00. The van der Waals surface area contributed by atoms with Crippen LogP contribution in [0.1, 0.15) is 53.4 Å². The van der Waals surface area contributed by atoms with Crippen molar-refractivity contribution in [2.24, 2.45) is 0 Å². The Bertz CT molecular complexity index is 170. The van der Waals surface area contributed by atoms with Gasteiger partial charge in [-0.3, -0.25) is 4.90 Å². The van der Waals surface area contributed by atoms with E-state index in [1.807, 2.05) is 0 Å². The van der Waals surface area contributed by atoms with Crippen molar-refractivity contribution in [2.45, 2.75) is 71.5 Å². The number of hydrogen-bond acceptors (Lipinski definition) is 2. The summed E-state index contributed by atoms with van der Waals surface area (Å²) >= 11 is 0. The van der Waals surface area contributed by atoms with Gasteiger partial charge in [-0.15, -0.1) is 0 Å². The standard InChI is InChI=1S/C13H28N2/c1-5-7-11(3)15-10-13(6-2)14-9-8-12(15)4/h11-14H,5-10H2,1-4H3. The third kappa shape index (κ3) is 3.76. The van der Waals surface area contributed by atoms with Crippen molar-refractivity contribution in [1.29, 1.82) is 0 Å². The zero-order chi connectivity index (χ0) is 11.3. The van der Waals surface area contributed by atoms with Gasteiger partial charge in [-0.2, -0.15) is 0 Å². The molecule has 0 aromatic rings. The van der Waals surface area contributed by atoms with E-state index in [-0.39, 0.29) is 0 Å². The second-order valence-corrected chi connectivity index (χ2v) is 5.03. The SMILES string of the molecule is CCCC(C)N1CC(CC)NCCC1C. The molecule has 1 saturated heterocycles. The van der Waals surface area contributed by atoms with Gasteiger partial charge in [-0.05, 0) is 39.7 Å². The molecular formula is C13H28N2. The maximum Gasteiger partial charge on any atom is 0.0192 e. The van der Waals surface area contributed by atoms with Gasteiger partial charge in [0.25, 0.3) is 0 Å². The van der Waals surface area contributed by atoms with Gasteiger partial charge in [0.05, 0.1) is 0 Å². The van der Waals surface area contributed by atoms with E-state index in [2.05, 4.69) is 37.9 Å². The second kappa shape index (κ2) is 6.49. The fourth-order valence-electron chi connectivity index (χ4n) is 2.63. The zero-order valence-corrected chi connectivity index (χ0v) is 10.9. The first-order chi connectivity index (χ1) is 7.19. The maximum atomic E-state index is 3.65. The molecule has 0 bridgehead atoms. The van der Waals surface area contributed by atoms with Gasteiger partial charge in [0.15, 0.2) is 0 Å². The minimum Gasteiger partial charge on any atom is -0.313 e. The molecule has 0 aliphatic carbocycles. The molecule has 1 fully saturated rings. The molecule has 0 amide bonds. The summed E-state index contributed by atoms with van der Waals surface area (Å²) in [4.78, 5) is 2.71. The van der Waals surface area contributed by atoms with Crippen LogP contribution in [0.5, 0.6) is 0 Å². The van der Waals surface area contributed by atoms with Crippen LogP contribution in [-0.2, 0) is 0 Å². The molecule has 1 N–H and O–H groups in total. The maximum absolute atomic E-state index is 3.65. The molecule has 2 heteroatoms. The predicted octanol–water partition coefficient (Wildman–Crippen LogP) is 2.64. The van der Waals surface area contributed by atoms with Crippen molar-refractivity contribution >= 4 is 0 Å². The molecule has 0 saturated carbocycles. The predicted molar refractivity (Wildman–Crippen MR) is 67.2 cm³/mol. The summed E-state index contributed by atoms with van der Waals surface area (Å²) in [5, 5.41) is 3.65. The van der Waals surface area contributed by atoms with Gasteiger partial charge in [0, 0.05) is 24.7 Å². The number of nitrogens with one attached hydrogen (secondary N) is 1. The average Bonchev–Trinajstić information content (AvgIpc) is 2.40. The third-order valence-electron chi connectivity index (χ3n) is 3.76. The van der Waals surface area contributed by atoms with Crippen LogP contribution in [0.25, 0.3) is 0 Å². The molecule has 0 aromatic carbocycles. The number of rotatable bonds is 4. The van der Waals surface area contributed by atoms with E-state index in [0.717, 1.165) is 12.1 Å². The fourth-order valence-corrected chi connectivity index (χ4v) is 2.63. The molecule has 0 radical (unpaired) electrons. The Morgan fingerprint density at radius 2 is 2.13 bits per heavy atom. The Labute approximate surface area is 95.4 Å². The summed E-state index contributed by atoms with van der Waals surface area (Å²) in [5.74, 6) is 0. The quantitative estimate of drug-likeness (QED) is 0.770. The van der Waals surface area contributed by atoms with Gasteiger partial charge in [0.1, 0.15) is 0 Å². The van der Waals surface area contributed by atoms with Crippen molar-refractivity contribution in [3.63, 3.8) is 0 Å². The number of hydrogen-bond donors (Lipinski definition) is 1. The monoisotopic (exact) mass is 212 g/mol. The van der Waals surface area contributed by atoms with Crippen LogP contribution in [0.3, 0.4) is 0 Å². The highest BCUT2D eigenvalue weighted by Gasteiger charge is 2.24. The average molecular weight is 212 g/mol. The summed E-state index contributed by atoms with van der Waals surface area (Å²) in [6.07, 6.45) is 5.18. The van der Waals surface area contributed by atoms with E-state index in [4.69, 9.17) is 0 Å². The summed E-state index contributed by atoms with van der Waals surface area (Å²) in [6.45, 7) is 11.8. The molecule has 3 atom stereocenters. The molecule has 1 rings (SSSR count). The largest absolute Gasteiger partial charge is 0.313 e. The highest BCUT2D eigenvalue weighted by atomic mass is 15.2. The third-order valence-corrected chi connectivity index (χ3v) is 3.76. The molecule has 15 heavy (non-hydrogen) atoms. The van der Waals surface area contributed by atoms with Gasteiger partial charge >= 0.3 is 0 Å². The smallest absolute Gasteiger partial charge is 0.0192 e. The molecule has 0 aromatic heterocycles. The van der Waals surface area contributed by atoms with E-state index >= 15 is 0 Å². The second-order valence-electron chi connectivity index (χ2n) is 5.03. The Morgan fingerprint density at radius 1 is 1.40 bits per heavy atom. The van der Waals surface area contributed by atoms with E-state index in [1.54, 1.807) is 0 Å². The van der Waals surface area contributed by atoms with Crippen LogP contribution in [-0.4, -0.2) is 36.1 Å². The van der Waals surface area contributed by atoms with Gasteiger partial charge in [-0.25, -0.2) is 0 Å². The molecule has 2 nitrogen and oxygen atoms in total. The van der Waals surface area contributed by atoms with E-state index in [9.17, 15) is 0 Å². The summed E-state index contributed by atoms with van der Waals surface area (Å²) in [5.41, 5.74) is 0. The molecule has 90 valence electrons. The van der Waals surface area contributed by atoms with Crippen molar-refractivity contribution in [3.8, 4) is 0 Å². The lowest BCUT2D eigenvalue weighted by Gasteiger charge is -2.34. The van der Waals surface area contributed by atoms with Gasteiger partial charge < -0.3 is 5.32 Å². The number of nitrogens with zero attached hydrogens (tertiary/aromatic N) is 1. The minimum absolute atomic E-state index is 0.703. The van der Waals surface area contributed by atoms with Crippen LogP contribution in [0, 0.1) is 0 Å². The molecule has 1 aliphatic heterocycles. The summed E-state index contributed by atoms with van der Waals surface area (Å²) in [7, 11) is 0. The molecule has 1 heterocycles. The summed E-state index contributed by atoms with van der Waals surface area (Å²) in [6, 6.07) is 2.20. The Kier molecular flexibility index (Phi) is 5.62. The van der Waals surface area contributed by atoms with Crippen molar-refractivity contribution < 1.29 is 0 Å². The van der Waals surface area contributed by atoms with Crippen molar-refractivity contribution in [3.05, 3.63) is 0 Å². The van der Waals surface area contributed by atoms with Gasteiger partial charge in [-0.1, -0.05) is 20.3 Å². The topological polar surface area (TPSA) is 15.3 Å². The lowest BCUT2D eigenvalue weighted by molar-refractivity contribution is 0.142. The Morgan fingerprint density at radius 3 is 2.73 bits per heavy atom. The van der Waals surface area contributed by atoms with Crippen molar-refractivity contribution in [1.82, 2.24) is 10.2 Å². The van der Waals surface area contributed by atoms with Crippen molar-refractivity contribution in [2.75, 3.05) is 13.1 Å². The molecule has 0 spiro atoms. The minimum atomic E-state index is 0.703. The van der Waals surface area contributed by atoms with Crippen LogP contribution >= 0.6 is 0 Å². The molecule has 1 aliphatic rings. The normalized spacial score (nSPS) is 31.2. The van der Waals surface area contributed by atoms with Crippen LogP contribution in [0.4, 0.5) is 0 Å². The van der Waals surface area contributed by atoms with Crippen LogP contribution in [0.2, 0.25) is 0 Å². The lowest BCUT2D eigenvalue weighted by atomic mass is 10.1. The van der Waals surface area contributed by atoms with E-state index in [0.29, 0.717) is 6.04 Å².